The van der Waals surface area contributed by atoms with Crippen molar-refractivity contribution in [1.29, 1.82) is 0 Å². The van der Waals surface area contributed by atoms with Gasteiger partial charge in [0.2, 0.25) is 5.91 Å². The Morgan fingerprint density at radius 2 is 1.89 bits per heavy atom. The highest BCUT2D eigenvalue weighted by Crippen LogP contribution is 2.38. The molecule has 1 atom stereocenters. The highest BCUT2D eigenvalue weighted by atomic mass is 19.4. The number of nitrogens with two attached hydrogens (primary N) is 1. The van der Waals surface area contributed by atoms with Crippen LogP contribution in [0.4, 0.5) is 13.2 Å². The first-order chi connectivity index (χ1) is 17.5. The Labute approximate surface area is 210 Å². The topological polar surface area (TPSA) is 119 Å². The lowest BCUT2D eigenvalue weighted by Crippen LogP contribution is -2.50. The molecule has 0 bridgehead atoms. The number of halogens is 3. The fourth-order valence-electron chi connectivity index (χ4n) is 4.54. The van der Waals surface area contributed by atoms with Crippen LogP contribution in [0.3, 0.4) is 0 Å². The summed E-state index contributed by atoms with van der Waals surface area (Å²) in [5.41, 5.74) is 4.53. The van der Waals surface area contributed by atoms with Crippen molar-refractivity contribution in [3.8, 4) is 11.8 Å². The van der Waals surface area contributed by atoms with Gasteiger partial charge in [-0.1, -0.05) is 36.3 Å². The number of amides is 1. The summed E-state index contributed by atoms with van der Waals surface area (Å²) in [6.07, 6.45) is -3.77. The van der Waals surface area contributed by atoms with E-state index in [4.69, 9.17) is 5.73 Å². The number of nitrogens with zero attached hydrogens (tertiary/aromatic N) is 5. The lowest BCUT2D eigenvalue weighted by molar-refractivity contribution is -0.162. The van der Waals surface area contributed by atoms with Crippen LogP contribution < -0.4 is 11.3 Å². The number of rotatable bonds is 5. The molecule has 1 saturated heterocycles. The molecular weight excluding hydrogens is 489 g/mol. The van der Waals surface area contributed by atoms with E-state index in [1.165, 1.54) is 44.7 Å². The van der Waals surface area contributed by atoms with E-state index in [2.05, 4.69) is 21.9 Å². The van der Waals surface area contributed by atoms with Crippen LogP contribution in [0.25, 0.3) is 11.0 Å². The Morgan fingerprint density at radius 3 is 2.51 bits per heavy atom. The van der Waals surface area contributed by atoms with Gasteiger partial charge in [0.05, 0.1) is 30.9 Å². The summed E-state index contributed by atoms with van der Waals surface area (Å²) < 4.78 is 43.7. The van der Waals surface area contributed by atoms with Crippen LogP contribution in [-0.4, -0.2) is 66.7 Å². The number of piperidine rings is 1. The molecule has 2 aromatic heterocycles. The maximum absolute atomic E-state index is 13.7. The molecule has 4 rings (SSSR count). The first-order valence-electron chi connectivity index (χ1n) is 11.8. The van der Waals surface area contributed by atoms with E-state index in [-0.39, 0.29) is 50.1 Å². The molecule has 9 nitrogen and oxygen atoms in total. The lowest BCUT2D eigenvalue weighted by Gasteiger charge is -2.39. The van der Waals surface area contributed by atoms with Gasteiger partial charge in [0.1, 0.15) is 11.2 Å². The first-order valence-corrected chi connectivity index (χ1v) is 11.8. The third-order valence-electron chi connectivity index (χ3n) is 6.61. The maximum Gasteiger partial charge on any atom is 0.396 e. The molecule has 3 heterocycles. The van der Waals surface area contributed by atoms with Gasteiger partial charge in [0.25, 0.3) is 5.56 Å². The van der Waals surface area contributed by atoms with Crippen molar-refractivity contribution >= 4 is 16.9 Å². The number of likely N-dealkylation sites (tertiary alicyclic amines) is 1. The fraction of sp³-hybridized carbons (Fsp3) is 0.440. The number of carbonyl (C=O) groups is 1. The quantitative estimate of drug-likeness (QED) is 0.497. The zero-order chi connectivity index (χ0) is 26.8. The second kappa shape index (κ2) is 10.4. The lowest BCUT2D eigenvalue weighted by atomic mass is 9.90. The van der Waals surface area contributed by atoms with E-state index in [9.17, 15) is 27.9 Å². The Morgan fingerprint density at radius 1 is 1.22 bits per heavy atom. The zero-order valence-corrected chi connectivity index (χ0v) is 20.2. The number of hydrogen-bond donors (Lipinski definition) is 2. The van der Waals surface area contributed by atoms with E-state index >= 15 is 0 Å². The van der Waals surface area contributed by atoms with Crippen molar-refractivity contribution in [1.82, 2.24) is 24.2 Å². The van der Waals surface area contributed by atoms with E-state index in [0.717, 1.165) is 0 Å². The highest BCUT2D eigenvalue weighted by Gasteiger charge is 2.43. The summed E-state index contributed by atoms with van der Waals surface area (Å²) in [5.74, 6) is 3.00. The van der Waals surface area contributed by atoms with E-state index in [1.807, 2.05) is 0 Å². The van der Waals surface area contributed by atoms with Crippen LogP contribution in [0.15, 0.2) is 41.5 Å². The van der Waals surface area contributed by atoms with Gasteiger partial charge in [-0.25, -0.2) is 4.98 Å². The van der Waals surface area contributed by atoms with Crippen molar-refractivity contribution in [2.45, 2.75) is 43.5 Å². The molecule has 1 aliphatic heterocycles. The normalized spacial score (nSPS) is 16.3. The number of aliphatic hydroxyl groups is 1. The molecule has 196 valence electrons. The van der Waals surface area contributed by atoms with Crippen molar-refractivity contribution < 1.29 is 23.1 Å². The SMILES string of the molecule is Cn1nc2c(=O)n(CC3(O)CCN(C(=O)C[C@H](c4ccccc4)C(F)(F)F)CC3)cnc2c1C#CCN. The molecule has 0 aliphatic carbocycles. The van der Waals surface area contributed by atoms with Crippen LogP contribution in [-0.2, 0) is 18.4 Å². The summed E-state index contributed by atoms with van der Waals surface area (Å²) in [4.78, 5) is 31.4. The zero-order valence-electron chi connectivity index (χ0n) is 20.2. The minimum Gasteiger partial charge on any atom is -0.388 e. The van der Waals surface area contributed by atoms with E-state index < -0.39 is 35.6 Å². The predicted molar refractivity (Wildman–Crippen MR) is 129 cm³/mol. The van der Waals surface area contributed by atoms with Crippen LogP contribution in [0.5, 0.6) is 0 Å². The van der Waals surface area contributed by atoms with Gasteiger partial charge in [-0.2, -0.15) is 18.3 Å². The number of benzene rings is 1. The van der Waals surface area contributed by atoms with Gasteiger partial charge in [-0.05, 0) is 24.3 Å². The maximum atomic E-state index is 13.7. The molecule has 3 aromatic rings. The van der Waals surface area contributed by atoms with Gasteiger partial charge in [0.15, 0.2) is 5.52 Å². The van der Waals surface area contributed by atoms with Gasteiger partial charge >= 0.3 is 6.18 Å². The summed E-state index contributed by atoms with van der Waals surface area (Å²) in [6, 6.07) is 7.35. The van der Waals surface area contributed by atoms with Gasteiger partial charge < -0.3 is 15.7 Å². The molecule has 0 radical (unpaired) electrons. The molecule has 0 saturated carbocycles. The molecule has 3 N–H and O–H groups in total. The Balaban J connectivity index is 1.45. The molecule has 1 aromatic carbocycles. The van der Waals surface area contributed by atoms with Gasteiger partial charge in [-0.15, -0.1) is 0 Å². The summed E-state index contributed by atoms with van der Waals surface area (Å²) >= 11 is 0. The average molecular weight is 517 g/mol. The van der Waals surface area contributed by atoms with Crippen molar-refractivity contribution in [3.05, 3.63) is 58.3 Å². The molecule has 1 amide bonds. The Bertz CT molecular complexity index is 1400. The molecule has 1 fully saturated rings. The third-order valence-corrected chi connectivity index (χ3v) is 6.61. The van der Waals surface area contributed by atoms with Crippen molar-refractivity contribution in [2.24, 2.45) is 12.8 Å². The van der Waals surface area contributed by atoms with Crippen LogP contribution >= 0.6 is 0 Å². The van der Waals surface area contributed by atoms with Crippen molar-refractivity contribution in [3.63, 3.8) is 0 Å². The summed E-state index contributed by atoms with van der Waals surface area (Å²) in [5, 5.41) is 15.3. The number of aryl methyl sites for hydroxylation is 1. The molecule has 37 heavy (non-hydrogen) atoms. The smallest absolute Gasteiger partial charge is 0.388 e. The minimum absolute atomic E-state index is 0.0332. The number of hydrogen-bond acceptors (Lipinski definition) is 6. The number of fused-ring (bicyclic) bond motifs is 1. The Hall–Kier alpha value is -3.69. The standard InChI is InChI=1S/C25H27F3N6O3/c1-32-19(8-5-11-29)21-22(31-32)23(36)34(16-30-21)15-24(37)9-12-33(13-10-24)20(35)14-18(25(26,27)28)17-6-3-2-4-7-17/h2-4,6-7,16,18,37H,9-15,29H2,1H3/t18-/m1/s1. The first kappa shape index (κ1) is 26.4. The monoisotopic (exact) mass is 516 g/mol. The molecule has 0 spiro atoms. The molecule has 1 aliphatic rings. The Kier molecular flexibility index (Phi) is 7.38. The minimum atomic E-state index is -4.57. The van der Waals surface area contributed by atoms with E-state index in [0.29, 0.717) is 11.2 Å². The summed E-state index contributed by atoms with van der Waals surface area (Å²) in [6.45, 7) is 0.189. The second-order valence-corrected chi connectivity index (χ2v) is 9.17. The molecule has 12 heteroatoms. The molecule has 0 unspecified atom stereocenters. The number of alkyl halides is 3. The number of carbonyl (C=O) groups excluding carboxylic acids is 1. The predicted octanol–water partition coefficient (Wildman–Crippen LogP) is 1.53. The third kappa shape index (κ3) is 5.68. The van der Waals surface area contributed by atoms with Crippen molar-refractivity contribution in [2.75, 3.05) is 19.6 Å². The second-order valence-electron chi connectivity index (χ2n) is 9.17. The summed E-state index contributed by atoms with van der Waals surface area (Å²) in [7, 11) is 1.63. The van der Waals surface area contributed by atoms with Gasteiger partial charge in [0, 0.05) is 26.6 Å². The van der Waals surface area contributed by atoms with Crippen LogP contribution in [0.1, 0.15) is 36.4 Å². The van der Waals surface area contributed by atoms with Crippen LogP contribution in [0.2, 0.25) is 0 Å². The average Bonchev–Trinajstić information content (AvgIpc) is 3.18. The largest absolute Gasteiger partial charge is 0.396 e. The highest BCUT2D eigenvalue weighted by molar-refractivity contribution is 5.79. The van der Waals surface area contributed by atoms with Crippen LogP contribution in [0, 0.1) is 11.8 Å². The number of aromatic nitrogens is 4. The van der Waals surface area contributed by atoms with E-state index in [1.54, 1.807) is 13.1 Å². The van der Waals surface area contributed by atoms with Gasteiger partial charge in [-0.3, -0.25) is 18.8 Å². The fourth-order valence-corrected chi connectivity index (χ4v) is 4.54. The molecular formula is C25H27F3N6O3.